The molecule has 1 aromatic carbocycles. The van der Waals surface area contributed by atoms with Gasteiger partial charge >= 0.3 is 0 Å². The Labute approximate surface area is 120 Å². The van der Waals surface area contributed by atoms with E-state index in [1.165, 1.54) is 0 Å². The molecule has 0 radical (unpaired) electrons. The maximum atomic E-state index is 6.60. The lowest BCUT2D eigenvalue weighted by atomic mass is 9.71. The second-order valence-electron chi connectivity index (χ2n) is 5.55. The Balaban J connectivity index is 2.69. The van der Waals surface area contributed by atoms with Crippen LogP contribution in [0.1, 0.15) is 50.2 Å². The normalized spacial score (nSPS) is 17.2. The zero-order valence-electron chi connectivity index (χ0n) is 12.0. The van der Waals surface area contributed by atoms with Crippen molar-refractivity contribution in [3.05, 3.63) is 22.2 Å². The Hall–Kier alpha value is -0.930. The van der Waals surface area contributed by atoms with Crippen molar-refractivity contribution in [2.75, 3.05) is 14.2 Å². The second kappa shape index (κ2) is 5.22. The molecule has 0 aromatic heterocycles. The highest BCUT2D eigenvalue weighted by Gasteiger charge is 2.40. The average molecular weight is 284 g/mol. The van der Waals surface area contributed by atoms with E-state index in [0.717, 1.165) is 35.4 Å². The van der Waals surface area contributed by atoms with Gasteiger partial charge in [-0.05, 0) is 36.8 Å². The average Bonchev–Trinajstić information content (AvgIpc) is 2.34. The third-order valence-electron chi connectivity index (χ3n) is 4.00. The van der Waals surface area contributed by atoms with Crippen molar-refractivity contribution in [3.63, 3.8) is 0 Å². The zero-order valence-corrected chi connectivity index (χ0v) is 12.8. The van der Waals surface area contributed by atoms with Crippen LogP contribution in [0.25, 0.3) is 0 Å². The maximum Gasteiger partial charge on any atom is 0.167 e. The smallest absolute Gasteiger partial charge is 0.167 e. The van der Waals surface area contributed by atoms with Gasteiger partial charge in [0.05, 0.1) is 19.2 Å². The lowest BCUT2D eigenvalue weighted by molar-refractivity contribution is 0.240. The summed E-state index contributed by atoms with van der Waals surface area (Å²) in [7, 11) is 3.28. The van der Waals surface area contributed by atoms with Crippen LogP contribution in [-0.2, 0) is 5.54 Å². The topological polar surface area (TPSA) is 44.5 Å². The summed E-state index contributed by atoms with van der Waals surface area (Å²) in [5, 5.41) is 0.731. The number of rotatable bonds is 4. The van der Waals surface area contributed by atoms with Gasteiger partial charge in [0, 0.05) is 11.1 Å². The standard InChI is InChI=1S/C15H22ClNO2/c1-9(2)10-8-11(18-3)14(19-4)12(13(10)16)15(17)6-5-7-15/h8-9H,5-7,17H2,1-4H3. The molecule has 2 rings (SSSR count). The molecule has 3 nitrogen and oxygen atoms in total. The highest BCUT2D eigenvalue weighted by molar-refractivity contribution is 6.32. The van der Waals surface area contributed by atoms with Crippen molar-refractivity contribution in [1.29, 1.82) is 0 Å². The van der Waals surface area contributed by atoms with Gasteiger partial charge in [-0.2, -0.15) is 0 Å². The predicted molar refractivity (Wildman–Crippen MR) is 78.4 cm³/mol. The highest BCUT2D eigenvalue weighted by atomic mass is 35.5. The SMILES string of the molecule is COc1cc(C(C)C)c(Cl)c(C2(N)CCC2)c1OC. The van der Waals surface area contributed by atoms with E-state index in [4.69, 9.17) is 26.8 Å². The molecule has 0 aliphatic heterocycles. The highest BCUT2D eigenvalue weighted by Crippen LogP contribution is 2.51. The molecule has 1 aromatic rings. The number of nitrogens with two attached hydrogens (primary N) is 1. The summed E-state index contributed by atoms with van der Waals surface area (Å²) >= 11 is 6.60. The minimum absolute atomic E-state index is 0.315. The van der Waals surface area contributed by atoms with Crippen LogP contribution in [0.5, 0.6) is 11.5 Å². The molecule has 0 amide bonds. The molecule has 1 fully saturated rings. The summed E-state index contributed by atoms with van der Waals surface area (Å²) in [4.78, 5) is 0. The Bertz CT molecular complexity index is 482. The van der Waals surface area contributed by atoms with Gasteiger partial charge in [-0.3, -0.25) is 0 Å². The lowest BCUT2D eigenvalue weighted by Gasteiger charge is -2.40. The van der Waals surface area contributed by atoms with Crippen molar-refractivity contribution in [3.8, 4) is 11.5 Å². The molecule has 0 saturated heterocycles. The zero-order chi connectivity index (χ0) is 14.2. The van der Waals surface area contributed by atoms with Crippen LogP contribution in [0.3, 0.4) is 0 Å². The molecule has 19 heavy (non-hydrogen) atoms. The van der Waals surface area contributed by atoms with E-state index in [1.807, 2.05) is 6.07 Å². The van der Waals surface area contributed by atoms with Crippen molar-refractivity contribution in [2.24, 2.45) is 5.73 Å². The molecule has 0 bridgehead atoms. The van der Waals surface area contributed by atoms with E-state index >= 15 is 0 Å². The number of hydrogen-bond acceptors (Lipinski definition) is 3. The largest absolute Gasteiger partial charge is 0.493 e. The fourth-order valence-electron chi connectivity index (χ4n) is 2.66. The number of benzene rings is 1. The van der Waals surface area contributed by atoms with Gasteiger partial charge in [0.25, 0.3) is 0 Å². The third kappa shape index (κ3) is 2.30. The first-order chi connectivity index (χ1) is 8.94. The number of ether oxygens (including phenoxy) is 2. The van der Waals surface area contributed by atoms with Gasteiger partial charge in [-0.15, -0.1) is 0 Å². The number of halogens is 1. The summed E-state index contributed by atoms with van der Waals surface area (Å²) in [6.45, 7) is 4.22. The molecule has 106 valence electrons. The molecule has 0 unspecified atom stereocenters. The number of methoxy groups -OCH3 is 2. The Morgan fingerprint density at radius 1 is 1.26 bits per heavy atom. The van der Waals surface area contributed by atoms with Crippen LogP contribution in [0.2, 0.25) is 5.02 Å². The van der Waals surface area contributed by atoms with E-state index in [9.17, 15) is 0 Å². The van der Waals surface area contributed by atoms with E-state index in [0.29, 0.717) is 17.4 Å². The van der Waals surface area contributed by atoms with E-state index < -0.39 is 0 Å². The maximum absolute atomic E-state index is 6.60. The fraction of sp³-hybridized carbons (Fsp3) is 0.600. The van der Waals surface area contributed by atoms with Crippen molar-refractivity contribution in [2.45, 2.75) is 44.6 Å². The first-order valence-electron chi connectivity index (χ1n) is 6.68. The fourth-order valence-corrected chi connectivity index (χ4v) is 3.21. The van der Waals surface area contributed by atoms with Gasteiger partial charge in [0.1, 0.15) is 0 Å². The van der Waals surface area contributed by atoms with Gasteiger partial charge in [-0.25, -0.2) is 0 Å². The summed E-state index contributed by atoms with van der Waals surface area (Å²) in [6.07, 6.45) is 3.01. The predicted octanol–water partition coefficient (Wildman–Crippen LogP) is 3.82. The van der Waals surface area contributed by atoms with Gasteiger partial charge in [0.15, 0.2) is 11.5 Å². The molecule has 0 spiro atoms. The third-order valence-corrected chi connectivity index (χ3v) is 4.41. The van der Waals surface area contributed by atoms with Crippen molar-refractivity contribution in [1.82, 2.24) is 0 Å². The molecule has 4 heteroatoms. The van der Waals surface area contributed by atoms with Crippen LogP contribution in [-0.4, -0.2) is 14.2 Å². The van der Waals surface area contributed by atoms with Gasteiger partial charge in [-0.1, -0.05) is 25.4 Å². The van der Waals surface area contributed by atoms with Crippen molar-refractivity contribution < 1.29 is 9.47 Å². The first kappa shape index (κ1) is 14.5. The molecule has 1 saturated carbocycles. The number of hydrogen-bond donors (Lipinski definition) is 1. The van der Waals surface area contributed by atoms with Gasteiger partial charge in [0.2, 0.25) is 0 Å². The summed E-state index contributed by atoms with van der Waals surface area (Å²) in [5.41, 5.74) is 8.07. The second-order valence-corrected chi connectivity index (χ2v) is 5.93. The minimum atomic E-state index is -0.374. The quantitative estimate of drug-likeness (QED) is 0.914. The first-order valence-corrected chi connectivity index (χ1v) is 7.06. The molecule has 0 heterocycles. The molecular weight excluding hydrogens is 262 g/mol. The Morgan fingerprint density at radius 3 is 2.26 bits per heavy atom. The van der Waals surface area contributed by atoms with E-state index in [-0.39, 0.29) is 5.54 Å². The molecule has 1 aliphatic carbocycles. The minimum Gasteiger partial charge on any atom is -0.493 e. The van der Waals surface area contributed by atoms with Crippen LogP contribution in [0.4, 0.5) is 0 Å². The monoisotopic (exact) mass is 283 g/mol. The molecule has 1 aliphatic rings. The van der Waals surface area contributed by atoms with Gasteiger partial charge < -0.3 is 15.2 Å². The summed E-state index contributed by atoms with van der Waals surface area (Å²) in [6, 6.07) is 1.96. The van der Waals surface area contributed by atoms with Crippen LogP contribution in [0.15, 0.2) is 6.07 Å². The van der Waals surface area contributed by atoms with E-state index in [2.05, 4.69) is 13.8 Å². The van der Waals surface area contributed by atoms with Crippen LogP contribution < -0.4 is 15.2 Å². The van der Waals surface area contributed by atoms with E-state index in [1.54, 1.807) is 14.2 Å². The Morgan fingerprint density at radius 2 is 1.89 bits per heavy atom. The summed E-state index contributed by atoms with van der Waals surface area (Å²) < 4.78 is 11.0. The molecular formula is C15H22ClNO2. The van der Waals surface area contributed by atoms with Crippen molar-refractivity contribution >= 4 is 11.6 Å². The lowest BCUT2D eigenvalue weighted by Crippen LogP contribution is -2.44. The molecule has 2 N–H and O–H groups in total. The van der Waals surface area contributed by atoms with Crippen LogP contribution >= 0.6 is 11.6 Å². The Kier molecular flexibility index (Phi) is 3.98. The van der Waals surface area contributed by atoms with Crippen LogP contribution in [0, 0.1) is 0 Å². The summed E-state index contributed by atoms with van der Waals surface area (Å²) in [5.74, 6) is 1.70. The molecule has 0 atom stereocenters.